The van der Waals surface area contributed by atoms with Crippen molar-refractivity contribution >= 4 is 0 Å². The number of hydrogen-bond acceptors (Lipinski definition) is 6. The molecule has 0 atom stereocenters. The third-order valence-corrected chi connectivity index (χ3v) is 3.92. The topological polar surface area (TPSA) is 68.2 Å². The molecule has 26 heavy (non-hydrogen) atoms. The highest BCUT2D eigenvalue weighted by Crippen LogP contribution is 2.24. The highest BCUT2D eigenvalue weighted by atomic mass is 19.1. The molecule has 0 spiro atoms. The quantitative estimate of drug-likeness (QED) is 0.636. The molecule has 0 unspecified atom stereocenters. The number of benzene rings is 1. The van der Waals surface area contributed by atoms with Crippen molar-refractivity contribution in [2.24, 2.45) is 5.92 Å². The average Bonchev–Trinajstić information content (AvgIpc) is 3.14. The first-order valence-corrected chi connectivity index (χ1v) is 8.63. The molecule has 6 nitrogen and oxygen atoms in total. The van der Waals surface area contributed by atoms with Crippen LogP contribution >= 0.6 is 0 Å². The number of rotatable bonds is 7. The molecule has 0 radical (unpaired) electrons. The third kappa shape index (κ3) is 4.35. The predicted octanol–water partition coefficient (Wildman–Crippen LogP) is 4.00. The molecule has 3 aromatic rings. The second-order valence-corrected chi connectivity index (χ2v) is 6.88. The fourth-order valence-corrected chi connectivity index (χ4v) is 2.66. The number of nitrogens with zero attached hydrogens (tertiary/aromatic N) is 4. The summed E-state index contributed by atoms with van der Waals surface area (Å²) >= 11 is 0. The first-order chi connectivity index (χ1) is 12.4. The maximum Gasteiger partial charge on any atom is 0.229 e. The number of hydrogen-bond donors (Lipinski definition) is 0. The van der Waals surface area contributed by atoms with Gasteiger partial charge in [-0.1, -0.05) is 31.1 Å². The molecule has 0 aliphatic carbocycles. The average molecular weight is 358 g/mol. The van der Waals surface area contributed by atoms with Crippen LogP contribution in [0.15, 0.2) is 33.2 Å². The van der Waals surface area contributed by atoms with E-state index in [4.69, 9.17) is 8.94 Å². The zero-order valence-corrected chi connectivity index (χ0v) is 15.5. The van der Waals surface area contributed by atoms with Gasteiger partial charge in [0.05, 0.1) is 17.8 Å². The third-order valence-electron chi connectivity index (χ3n) is 3.92. The van der Waals surface area contributed by atoms with E-state index >= 15 is 0 Å². The van der Waals surface area contributed by atoms with Crippen molar-refractivity contribution in [1.29, 1.82) is 0 Å². The first-order valence-electron chi connectivity index (χ1n) is 8.63. The lowest BCUT2D eigenvalue weighted by atomic mass is 10.1. The summed E-state index contributed by atoms with van der Waals surface area (Å²) in [6.45, 7) is 7.11. The van der Waals surface area contributed by atoms with Gasteiger partial charge >= 0.3 is 0 Å². The van der Waals surface area contributed by atoms with Crippen molar-refractivity contribution in [2.75, 3.05) is 7.05 Å². The number of halogens is 1. The standard InChI is InChI=1S/C19H23FN4O2/c1-12(2)9-18-22-17(23-26-18)11-24(4)10-16-13(3)25-19(21-16)14-7-5-6-8-15(14)20/h5-8,12H,9-11H2,1-4H3. The zero-order valence-electron chi connectivity index (χ0n) is 15.5. The lowest BCUT2D eigenvalue weighted by molar-refractivity contribution is 0.294. The minimum absolute atomic E-state index is 0.294. The second-order valence-electron chi connectivity index (χ2n) is 6.88. The van der Waals surface area contributed by atoms with Gasteiger partial charge in [0.1, 0.15) is 11.6 Å². The van der Waals surface area contributed by atoms with Gasteiger partial charge in [0.2, 0.25) is 11.8 Å². The van der Waals surface area contributed by atoms with Crippen LogP contribution in [0.25, 0.3) is 11.5 Å². The van der Waals surface area contributed by atoms with E-state index in [2.05, 4.69) is 29.0 Å². The summed E-state index contributed by atoms with van der Waals surface area (Å²) in [5.74, 6) is 2.38. The summed E-state index contributed by atoms with van der Waals surface area (Å²) in [6.07, 6.45) is 0.769. The van der Waals surface area contributed by atoms with E-state index in [1.807, 2.05) is 18.9 Å². The summed E-state index contributed by atoms with van der Waals surface area (Å²) in [6, 6.07) is 6.45. The Bertz CT molecular complexity index is 872. The van der Waals surface area contributed by atoms with Gasteiger partial charge in [-0.3, -0.25) is 4.90 Å². The minimum Gasteiger partial charge on any atom is -0.441 e. The van der Waals surface area contributed by atoms with Crippen LogP contribution in [-0.2, 0) is 19.5 Å². The van der Waals surface area contributed by atoms with E-state index < -0.39 is 0 Å². The molecule has 138 valence electrons. The largest absolute Gasteiger partial charge is 0.441 e. The summed E-state index contributed by atoms with van der Waals surface area (Å²) in [5, 5.41) is 4.02. The summed E-state index contributed by atoms with van der Waals surface area (Å²) in [7, 11) is 1.94. The molecule has 0 saturated heterocycles. The van der Waals surface area contributed by atoms with Gasteiger partial charge in [0.15, 0.2) is 5.82 Å². The van der Waals surface area contributed by atoms with Crippen LogP contribution in [0.1, 0.15) is 37.0 Å². The summed E-state index contributed by atoms with van der Waals surface area (Å²) in [5.41, 5.74) is 1.12. The highest BCUT2D eigenvalue weighted by molar-refractivity contribution is 5.54. The van der Waals surface area contributed by atoms with Crippen molar-refractivity contribution < 1.29 is 13.3 Å². The molecule has 0 bridgehead atoms. The van der Waals surface area contributed by atoms with Gasteiger partial charge in [0.25, 0.3) is 0 Å². The van der Waals surface area contributed by atoms with E-state index in [9.17, 15) is 4.39 Å². The predicted molar refractivity (Wildman–Crippen MR) is 94.6 cm³/mol. The maximum atomic E-state index is 13.9. The van der Waals surface area contributed by atoms with E-state index in [0.29, 0.717) is 47.9 Å². The molecule has 3 rings (SSSR count). The smallest absolute Gasteiger partial charge is 0.229 e. The minimum atomic E-state index is -0.349. The Hall–Kier alpha value is -2.54. The maximum absolute atomic E-state index is 13.9. The van der Waals surface area contributed by atoms with E-state index in [0.717, 1.165) is 12.1 Å². The molecule has 7 heteroatoms. The molecular formula is C19H23FN4O2. The summed E-state index contributed by atoms with van der Waals surface area (Å²) in [4.78, 5) is 10.9. The van der Waals surface area contributed by atoms with Crippen molar-refractivity contribution in [3.8, 4) is 11.5 Å². The van der Waals surface area contributed by atoms with Crippen LogP contribution in [-0.4, -0.2) is 27.1 Å². The Morgan fingerprint density at radius 1 is 1.15 bits per heavy atom. The van der Waals surface area contributed by atoms with Crippen LogP contribution in [0.4, 0.5) is 4.39 Å². The van der Waals surface area contributed by atoms with Gasteiger partial charge in [-0.25, -0.2) is 9.37 Å². The molecule has 0 amide bonds. The fourth-order valence-electron chi connectivity index (χ4n) is 2.66. The van der Waals surface area contributed by atoms with E-state index in [-0.39, 0.29) is 5.82 Å². The Morgan fingerprint density at radius 3 is 2.65 bits per heavy atom. The lowest BCUT2D eigenvalue weighted by Crippen LogP contribution is -2.18. The molecule has 0 N–H and O–H groups in total. The molecule has 0 saturated carbocycles. The summed E-state index contributed by atoms with van der Waals surface area (Å²) < 4.78 is 24.8. The van der Waals surface area contributed by atoms with Gasteiger partial charge in [0, 0.05) is 13.0 Å². The molecule has 2 aromatic heterocycles. The van der Waals surface area contributed by atoms with E-state index in [1.165, 1.54) is 6.07 Å². The second kappa shape index (κ2) is 7.78. The first kappa shape index (κ1) is 18.3. The molecule has 2 heterocycles. The lowest BCUT2D eigenvalue weighted by Gasteiger charge is -2.12. The molecular weight excluding hydrogens is 335 g/mol. The number of aryl methyl sites for hydroxylation is 1. The monoisotopic (exact) mass is 358 g/mol. The van der Waals surface area contributed by atoms with Gasteiger partial charge in [-0.15, -0.1) is 0 Å². The van der Waals surface area contributed by atoms with Crippen LogP contribution in [0.3, 0.4) is 0 Å². The van der Waals surface area contributed by atoms with Gasteiger partial charge in [-0.05, 0) is 32.0 Å². The van der Waals surface area contributed by atoms with Crippen molar-refractivity contribution in [2.45, 2.75) is 40.3 Å². The van der Waals surface area contributed by atoms with Crippen molar-refractivity contribution in [3.05, 3.63) is 53.3 Å². The van der Waals surface area contributed by atoms with Gasteiger partial charge < -0.3 is 8.94 Å². The fraction of sp³-hybridized carbons (Fsp3) is 0.421. The highest BCUT2D eigenvalue weighted by Gasteiger charge is 2.17. The molecule has 0 aliphatic heterocycles. The van der Waals surface area contributed by atoms with Crippen LogP contribution in [0.5, 0.6) is 0 Å². The molecule has 0 aliphatic rings. The zero-order chi connectivity index (χ0) is 18.7. The van der Waals surface area contributed by atoms with Crippen molar-refractivity contribution in [1.82, 2.24) is 20.0 Å². The van der Waals surface area contributed by atoms with Gasteiger partial charge in [-0.2, -0.15) is 4.98 Å². The number of aromatic nitrogens is 3. The van der Waals surface area contributed by atoms with Crippen LogP contribution in [0, 0.1) is 18.7 Å². The Kier molecular flexibility index (Phi) is 5.46. The Labute approximate surface area is 152 Å². The van der Waals surface area contributed by atoms with Crippen molar-refractivity contribution in [3.63, 3.8) is 0 Å². The molecule has 1 aromatic carbocycles. The molecule has 0 fully saturated rings. The number of oxazole rings is 1. The Morgan fingerprint density at radius 2 is 1.92 bits per heavy atom. The normalized spacial score (nSPS) is 11.7. The van der Waals surface area contributed by atoms with E-state index in [1.54, 1.807) is 18.2 Å². The Balaban J connectivity index is 1.67. The van der Waals surface area contributed by atoms with Crippen LogP contribution in [0.2, 0.25) is 0 Å². The SMILES string of the molecule is Cc1oc(-c2ccccc2F)nc1CN(C)Cc1noc(CC(C)C)n1. The van der Waals surface area contributed by atoms with Crippen LogP contribution < -0.4 is 0 Å².